The standard InChI is InChI=1S/C28H25N7O2/c1-2-3-16-34-18-21-24(32-34)30-28(35-26(21)29-25(33-35)22-15-10-17-37-22)31-27(36)23(19-11-6-4-7-12-19)20-13-8-5-9-14-20/h4-15,17-18,23H,2-3,16H2,1H3,(H,30,31,32,36). The highest BCUT2D eigenvalue weighted by atomic mass is 16.3. The summed E-state index contributed by atoms with van der Waals surface area (Å²) in [6, 6.07) is 22.9. The highest BCUT2D eigenvalue weighted by Gasteiger charge is 2.25. The van der Waals surface area contributed by atoms with E-state index in [0.717, 1.165) is 35.9 Å². The molecule has 4 aromatic heterocycles. The Kier molecular flexibility index (Phi) is 5.94. The normalized spacial score (nSPS) is 11.5. The lowest BCUT2D eigenvalue weighted by atomic mass is 9.90. The largest absolute Gasteiger partial charge is 0.461 e. The lowest BCUT2D eigenvalue weighted by Gasteiger charge is -2.17. The number of carbonyl (C=O) groups excluding carboxylic acids is 1. The molecule has 6 rings (SSSR count). The number of hydrogen-bond donors (Lipinski definition) is 1. The van der Waals surface area contributed by atoms with Gasteiger partial charge < -0.3 is 4.42 Å². The minimum Gasteiger partial charge on any atom is -0.461 e. The molecule has 0 atom stereocenters. The van der Waals surface area contributed by atoms with Crippen LogP contribution in [0.2, 0.25) is 0 Å². The van der Waals surface area contributed by atoms with Crippen LogP contribution in [0.4, 0.5) is 5.95 Å². The van der Waals surface area contributed by atoms with Crippen molar-refractivity contribution in [1.82, 2.24) is 29.4 Å². The molecule has 0 radical (unpaired) electrons. The highest BCUT2D eigenvalue weighted by molar-refractivity contribution is 5.99. The van der Waals surface area contributed by atoms with Gasteiger partial charge in [-0.1, -0.05) is 74.0 Å². The summed E-state index contributed by atoms with van der Waals surface area (Å²) in [5.41, 5.74) is 2.79. The summed E-state index contributed by atoms with van der Waals surface area (Å²) in [6.07, 6.45) is 5.54. The Morgan fingerprint density at radius 1 is 0.946 bits per heavy atom. The number of nitrogens with zero attached hydrogens (tertiary/aromatic N) is 6. The average molecular weight is 492 g/mol. The molecule has 0 aliphatic rings. The van der Waals surface area contributed by atoms with E-state index in [-0.39, 0.29) is 11.9 Å². The fourth-order valence-electron chi connectivity index (χ4n) is 4.43. The molecule has 1 amide bonds. The number of aromatic nitrogens is 6. The van der Waals surface area contributed by atoms with Gasteiger partial charge in [-0.05, 0) is 29.7 Å². The third-order valence-electron chi connectivity index (χ3n) is 6.25. The predicted octanol–water partition coefficient (Wildman–Crippen LogP) is 5.30. The number of anilines is 1. The summed E-state index contributed by atoms with van der Waals surface area (Å²) in [4.78, 5) is 23.2. The van der Waals surface area contributed by atoms with Crippen molar-refractivity contribution in [2.45, 2.75) is 32.2 Å². The van der Waals surface area contributed by atoms with Crippen molar-refractivity contribution >= 4 is 28.5 Å². The van der Waals surface area contributed by atoms with Gasteiger partial charge in [0.2, 0.25) is 17.7 Å². The van der Waals surface area contributed by atoms with Crippen LogP contribution in [0.1, 0.15) is 36.8 Å². The SMILES string of the molecule is CCCCn1cc2c(nc(NC(=O)C(c3ccccc3)c3ccccc3)n3nc(-c4ccco4)nc23)n1. The zero-order valence-corrected chi connectivity index (χ0v) is 20.3. The molecule has 0 unspecified atom stereocenters. The molecule has 37 heavy (non-hydrogen) atoms. The van der Waals surface area contributed by atoms with Crippen LogP contribution in [-0.2, 0) is 11.3 Å². The van der Waals surface area contributed by atoms with Crippen LogP contribution < -0.4 is 5.32 Å². The van der Waals surface area contributed by atoms with E-state index in [4.69, 9.17) is 14.4 Å². The Labute approximate surface area is 212 Å². The van der Waals surface area contributed by atoms with E-state index in [0.29, 0.717) is 22.9 Å². The van der Waals surface area contributed by atoms with Crippen LogP contribution in [0, 0.1) is 0 Å². The van der Waals surface area contributed by atoms with Crippen LogP contribution in [0.3, 0.4) is 0 Å². The van der Waals surface area contributed by atoms with Gasteiger partial charge in [-0.3, -0.25) is 14.8 Å². The second-order valence-electron chi connectivity index (χ2n) is 8.81. The van der Waals surface area contributed by atoms with Crippen LogP contribution in [-0.4, -0.2) is 35.3 Å². The van der Waals surface area contributed by atoms with E-state index in [1.807, 2.05) is 71.5 Å². The van der Waals surface area contributed by atoms with Crippen molar-refractivity contribution in [3.05, 3.63) is 96.4 Å². The lowest BCUT2D eigenvalue weighted by molar-refractivity contribution is -0.116. The summed E-state index contributed by atoms with van der Waals surface area (Å²) in [5.74, 6) is 0.407. The van der Waals surface area contributed by atoms with E-state index < -0.39 is 5.92 Å². The molecule has 1 N–H and O–H groups in total. The molecule has 0 aliphatic carbocycles. The number of hydrogen-bond acceptors (Lipinski definition) is 6. The molecule has 184 valence electrons. The monoisotopic (exact) mass is 491 g/mol. The zero-order chi connectivity index (χ0) is 25.2. The number of unbranched alkanes of at least 4 members (excludes halogenated alkanes) is 1. The van der Waals surface area contributed by atoms with Gasteiger partial charge in [-0.2, -0.15) is 14.6 Å². The number of amides is 1. The summed E-state index contributed by atoms with van der Waals surface area (Å²) < 4.78 is 8.95. The molecule has 4 heterocycles. The first-order valence-corrected chi connectivity index (χ1v) is 12.3. The molecular formula is C28H25N7O2. The molecule has 6 aromatic rings. The maximum Gasteiger partial charge on any atom is 0.238 e. The summed E-state index contributed by atoms with van der Waals surface area (Å²) in [7, 11) is 0. The van der Waals surface area contributed by atoms with E-state index in [1.165, 1.54) is 0 Å². The Morgan fingerprint density at radius 3 is 2.32 bits per heavy atom. The molecule has 2 aromatic carbocycles. The van der Waals surface area contributed by atoms with Crippen molar-refractivity contribution in [2.24, 2.45) is 0 Å². The number of rotatable bonds is 8. The molecule has 0 saturated heterocycles. The maximum absolute atomic E-state index is 13.8. The quantitative estimate of drug-likeness (QED) is 0.310. The van der Waals surface area contributed by atoms with Crippen molar-refractivity contribution in [1.29, 1.82) is 0 Å². The number of fused-ring (bicyclic) bond motifs is 3. The molecule has 0 saturated carbocycles. The third-order valence-corrected chi connectivity index (χ3v) is 6.25. The summed E-state index contributed by atoms with van der Waals surface area (Å²) in [5, 5.41) is 13.1. The third kappa shape index (κ3) is 4.35. The van der Waals surface area contributed by atoms with Gasteiger partial charge in [0.1, 0.15) is 0 Å². The van der Waals surface area contributed by atoms with E-state index in [9.17, 15) is 4.79 Å². The fourth-order valence-corrected chi connectivity index (χ4v) is 4.43. The van der Waals surface area contributed by atoms with Crippen molar-refractivity contribution < 1.29 is 9.21 Å². The molecule has 0 bridgehead atoms. The van der Waals surface area contributed by atoms with Crippen LogP contribution in [0.15, 0.2) is 89.7 Å². The first-order chi connectivity index (χ1) is 18.2. The smallest absolute Gasteiger partial charge is 0.238 e. The molecular weight excluding hydrogens is 466 g/mol. The number of carbonyl (C=O) groups is 1. The molecule has 0 spiro atoms. The van der Waals surface area contributed by atoms with Gasteiger partial charge in [-0.25, -0.2) is 4.98 Å². The van der Waals surface area contributed by atoms with Crippen molar-refractivity contribution in [3.8, 4) is 11.6 Å². The predicted molar refractivity (Wildman–Crippen MR) is 140 cm³/mol. The fraction of sp³-hybridized carbons (Fsp3) is 0.179. The Morgan fingerprint density at radius 2 is 1.68 bits per heavy atom. The van der Waals surface area contributed by atoms with E-state index in [1.54, 1.807) is 22.9 Å². The molecule has 9 heteroatoms. The van der Waals surface area contributed by atoms with E-state index >= 15 is 0 Å². The first-order valence-electron chi connectivity index (χ1n) is 12.3. The minimum absolute atomic E-state index is 0.231. The Hall–Kier alpha value is -4.79. The summed E-state index contributed by atoms with van der Waals surface area (Å²) >= 11 is 0. The number of aryl methyl sites for hydroxylation is 1. The zero-order valence-electron chi connectivity index (χ0n) is 20.3. The van der Waals surface area contributed by atoms with Gasteiger partial charge in [0.05, 0.1) is 17.6 Å². The average Bonchev–Trinajstić information content (AvgIpc) is 3.68. The van der Waals surface area contributed by atoms with Crippen LogP contribution >= 0.6 is 0 Å². The highest BCUT2D eigenvalue weighted by Crippen LogP contribution is 2.28. The second-order valence-corrected chi connectivity index (χ2v) is 8.81. The van der Waals surface area contributed by atoms with Crippen molar-refractivity contribution in [3.63, 3.8) is 0 Å². The Balaban J connectivity index is 1.46. The molecule has 9 nitrogen and oxygen atoms in total. The topological polar surface area (TPSA) is 103 Å². The second kappa shape index (κ2) is 9.69. The number of furan rings is 1. The molecule has 0 aliphatic heterocycles. The van der Waals surface area contributed by atoms with Gasteiger partial charge in [0.25, 0.3) is 0 Å². The van der Waals surface area contributed by atoms with Gasteiger partial charge in [-0.15, -0.1) is 5.10 Å². The maximum atomic E-state index is 13.8. The van der Waals surface area contributed by atoms with Crippen molar-refractivity contribution in [2.75, 3.05) is 5.32 Å². The van der Waals surface area contributed by atoms with Gasteiger partial charge in [0.15, 0.2) is 17.1 Å². The number of benzene rings is 2. The van der Waals surface area contributed by atoms with Crippen LogP contribution in [0.5, 0.6) is 0 Å². The van der Waals surface area contributed by atoms with Gasteiger partial charge >= 0.3 is 0 Å². The lowest BCUT2D eigenvalue weighted by Crippen LogP contribution is -2.24. The van der Waals surface area contributed by atoms with Gasteiger partial charge in [0, 0.05) is 12.7 Å². The summed E-state index contributed by atoms with van der Waals surface area (Å²) in [6.45, 7) is 2.90. The Bertz CT molecular complexity index is 1620. The van der Waals surface area contributed by atoms with E-state index in [2.05, 4.69) is 22.4 Å². The van der Waals surface area contributed by atoms with Crippen LogP contribution in [0.25, 0.3) is 28.3 Å². The first kappa shape index (κ1) is 22.7. The molecule has 0 fully saturated rings. The number of nitrogens with one attached hydrogen (secondary N) is 1. The minimum atomic E-state index is -0.537.